The maximum absolute atomic E-state index is 6.00. The van der Waals surface area contributed by atoms with Crippen LogP contribution in [0.15, 0.2) is 22.7 Å². The van der Waals surface area contributed by atoms with Gasteiger partial charge in [-0.1, -0.05) is 22.0 Å². The molecule has 1 aromatic rings. The van der Waals surface area contributed by atoms with Crippen molar-refractivity contribution in [2.45, 2.75) is 31.6 Å². The molecule has 1 saturated carbocycles. The van der Waals surface area contributed by atoms with E-state index in [4.69, 9.17) is 9.47 Å². The van der Waals surface area contributed by atoms with Crippen molar-refractivity contribution in [2.24, 2.45) is 0 Å². The lowest BCUT2D eigenvalue weighted by Gasteiger charge is -2.43. The van der Waals surface area contributed by atoms with E-state index in [1.165, 1.54) is 0 Å². The molecule has 0 aliphatic heterocycles. The molecule has 94 valence electrons. The number of ether oxygens (including phenoxy) is 2. The van der Waals surface area contributed by atoms with Crippen LogP contribution in [0.5, 0.6) is 5.75 Å². The first-order chi connectivity index (χ1) is 8.15. The number of likely N-dealkylation sites (N-methyl/N-ethyl adjacent to an activating group) is 1. The second-order valence-electron chi connectivity index (χ2n) is 4.40. The van der Waals surface area contributed by atoms with Crippen LogP contribution in [0.3, 0.4) is 0 Å². The summed E-state index contributed by atoms with van der Waals surface area (Å²) in [5, 5.41) is 3.23. The molecule has 0 saturated heterocycles. The summed E-state index contributed by atoms with van der Waals surface area (Å²) in [4.78, 5) is 0. The van der Waals surface area contributed by atoms with Crippen molar-refractivity contribution >= 4 is 15.9 Å². The lowest BCUT2D eigenvalue weighted by Crippen LogP contribution is -2.60. The molecule has 0 spiro atoms. The predicted molar refractivity (Wildman–Crippen MR) is 71.6 cm³/mol. The number of benzene rings is 1. The van der Waals surface area contributed by atoms with E-state index >= 15 is 0 Å². The molecule has 3 nitrogen and oxygen atoms in total. The van der Waals surface area contributed by atoms with Crippen LogP contribution < -0.4 is 10.1 Å². The summed E-state index contributed by atoms with van der Waals surface area (Å²) in [6, 6.07) is 6.48. The molecule has 1 aliphatic carbocycles. The average molecular weight is 300 g/mol. The van der Waals surface area contributed by atoms with Gasteiger partial charge in [0.2, 0.25) is 0 Å². The van der Waals surface area contributed by atoms with Crippen molar-refractivity contribution in [1.29, 1.82) is 0 Å². The summed E-state index contributed by atoms with van der Waals surface area (Å²) < 4.78 is 12.5. The molecule has 1 fully saturated rings. The SMILES string of the molecule is CNC1CC(Oc2cc(Br)ccc2C)C1OC. The molecule has 0 heterocycles. The van der Waals surface area contributed by atoms with Crippen LogP contribution in [0, 0.1) is 6.92 Å². The van der Waals surface area contributed by atoms with Crippen molar-refractivity contribution in [3.05, 3.63) is 28.2 Å². The maximum Gasteiger partial charge on any atom is 0.128 e. The number of aryl methyl sites for hydroxylation is 1. The van der Waals surface area contributed by atoms with Crippen molar-refractivity contribution in [3.63, 3.8) is 0 Å². The normalized spacial score (nSPS) is 27.6. The largest absolute Gasteiger partial charge is 0.487 e. The molecular formula is C13H18BrNO2. The van der Waals surface area contributed by atoms with Crippen LogP contribution in [0.1, 0.15) is 12.0 Å². The fraction of sp³-hybridized carbons (Fsp3) is 0.538. The van der Waals surface area contributed by atoms with Crippen LogP contribution in [0.2, 0.25) is 0 Å². The lowest BCUT2D eigenvalue weighted by atomic mass is 9.85. The Labute approximate surface area is 111 Å². The van der Waals surface area contributed by atoms with Crippen LogP contribution in [-0.2, 0) is 4.74 Å². The Morgan fingerprint density at radius 2 is 2.18 bits per heavy atom. The summed E-state index contributed by atoms with van der Waals surface area (Å²) in [5.74, 6) is 0.931. The van der Waals surface area contributed by atoms with Gasteiger partial charge in [0.15, 0.2) is 0 Å². The highest BCUT2D eigenvalue weighted by Crippen LogP contribution is 2.31. The monoisotopic (exact) mass is 299 g/mol. The van der Waals surface area contributed by atoms with E-state index in [0.717, 1.165) is 22.2 Å². The Morgan fingerprint density at radius 1 is 1.41 bits per heavy atom. The third-order valence-corrected chi connectivity index (χ3v) is 3.81. The first kappa shape index (κ1) is 12.9. The minimum atomic E-state index is 0.137. The molecule has 3 unspecified atom stereocenters. The highest BCUT2D eigenvalue weighted by atomic mass is 79.9. The summed E-state index contributed by atoms with van der Waals surface area (Å²) >= 11 is 3.46. The Hall–Kier alpha value is -0.580. The van der Waals surface area contributed by atoms with E-state index in [0.29, 0.717) is 6.04 Å². The number of rotatable bonds is 4. The highest BCUT2D eigenvalue weighted by Gasteiger charge is 2.42. The molecule has 0 amide bonds. The Kier molecular flexibility index (Phi) is 4.07. The average Bonchev–Trinajstić information content (AvgIpc) is 2.28. The van der Waals surface area contributed by atoms with Crippen LogP contribution in [-0.4, -0.2) is 32.4 Å². The van der Waals surface area contributed by atoms with Gasteiger partial charge in [0, 0.05) is 24.0 Å². The van der Waals surface area contributed by atoms with E-state index in [9.17, 15) is 0 Å². The topological polar surface area (TPSA) is 30.5 Å². The lowest BCUT2D eigenvalue weighted by molar-refractivity contribution is -0.0871. The standard InChI is InChI=1S/C13H18BrNO2/c1-8-4-5-9(14)6-11(8)17-12-7-10(15-2)13(12)16-3/h4-6,10,12-13,15H,7H2,1-3H3. The van der Waals surface area contributed by atoms with E-state index in [2.05, 4.69) is 34.2 Å². The van der Waals surface area contributed by atoms with Gasteiger partial charge in [0.1, 0.15) is 18.0 Å². The Balaban J connectivity index is 2.04. The van der Waals surface area contributed by atoms with E-state index in [-0.39, 0.29) is 12.2 Å². The fourth-order valence-corrected chi connectivity index (χ4v) is 2.50. The van der Waals surface area contributed by atoms with Crippen molar-refractivity contribution in [2.75, 3.05) is 14.2 Å². The van der Waals surface area contributed by atoms with Crippen LogP contribution >= 0.6 is 15.9 Å². The first-order valence-electron chi connectivity index (χ1n) is 5.78. The summed E-state index contributed by atoms with van der Waals surface area (Å²) in [6.07, 6.45) is 1.27. The van der Waals surface area contributed by atoms with Gasteiger partial charge < -0.3 is 14.8 Å². The molecule has 4 heteroatoms. The van der Waals surface area contributed by atoms with E-state index in [1.54, 1.807) is 7.11 Å². The molecule has 0 bridgehead atoms. The van der Waals surface area contributed by atoms with Crippen molar-refractivity contribution < 1.29 is 9.47 Å². The highest BCUT2D eigenvalue weighted by molar-refractivity contribution is 9.10. The van der Waals surface area contributed by atoms with E-state index in [1.807, 2.05) is 19.2 Å². The molecule has 1 aliphatic rings. The fourth-order valence-electron chi connectivity index (χ4n) is 2.16. The third-order valence-electron chi connectivity index (χ3n) is 3.32. The smallest absolute Gasteiger partial charge is 0.128 e. The molecule has 1 N–H and O–H groups in total. The van der Waals surface area contributed by atoms with Gasteiger partial charge in [0.05, 0.1) is 0 Å². The zero-order valence-electron chi connectivity index (χ0n) is 10.4. The van der Waals surface area contributed by atoms with Gasteiger partial charge in [-0.2, -0.15) is 0 Å². The maximum atomic E-state index is 6.00. The van der Waals surface area contributed by atoms with Gasteiger partial charge in [0.25, 0.3) is 0 Å². The third kappa shape index (κ3) is 2.64. The molecule has 17 heavy (non-hydrogen) atoms. The second-order valence-corrected chi connectivity index (χ2v) is 5.31. The van der Waals surface area contributed by atoms with Gasteiger partial charge in [-0.05, 0) is 31.7 Å². The molecule has 0 radical (unpaired) electrons. The Bertz CT molecular complexity index is 397. The van der Waals surface area contributed by atoms with Gasteiger partial charge in [-0.3, -0.25) is 0 Å². The minimum Gasteiger partial charge on any atom is -0.487 e. The minimum absolute atomic E-state index is 0.137. The van der Waals surface area contributed by atoms with Crippen molar-refractivity contribution in [3.8, 4) is 5.75 Å². The number of hydrogen-bond donors (Lipinski definition) is 1. The van der Waals surface area contributed by atoms with Gasteiger partial charge in [-0.25, -0.2) is 0 Å². The number of halogens is 1. The summed E-state index contributed by atoms with van der Waals surface area (Å²) in [7, 11) is 3.69. The van der Waals surface area contributed by atoms with E-state index < -0.39 is 0 Å². The first-order valence-corrected chi connectivity index (χ1v) is 6.58. The molecule has 1 aromatic carbocycles. The number of nitrogens with one attached hydrogen (secondary N) is 1. The van der Waals surface area contributed by atoms with Crippen molar-refractivity contribution in [1.82, 2.24) is 5.32 Å². The zero-order valence-corrected chi connectivity index (χ0v) is 12.0. The second kappa shape index (κ2) is 5.38. The van der Waals surface area contributed by atoms with Gasteiger partial charge in [-0.15, -0.1) is 0 Å². The molecule has 0 aromatic heterocycles. The molecular weight excluding hydrogens is 282 g/mol. The molecule has 3 atom stereocenters. The summed E-state index contributed by atoms with van der Waals surface area (Å²) in [6.45, 7) is 2.05. The van der Waals surface area contributed by atoms with Crippen LogP contribution in [0.4, 0.5) is 0 Å². The van der Waals surface area contributed by atoms with Gasteiger partial charge >= 0.3 is 0 Å². The van der Waals surface area contributed by atoms with Crippen LogP contribution in [0.25, 0.3) is 0 Å². The quantitative estimate of drug-likeness (QED) is 0.927. The summed E-state index contributed by atoms with van der Waals surface area (Å²) in [5.41, 5.74) is 1.15. The number of hydrogen-bond acceptors (Lipinski definition) is 3. The predicted octanol–water partition coefficient (Wildman–Crippen LogP) is 2.51. The molecule has 2 rings (SSSR count). The number of methoxy groups -OCH3 is 1. The Morgan fingerprint density at radius 3 is 2.82 bits per heavy atom. The zero-order chi connectivity index (χ0) is 12.4.